The average Bonchev–Trinajstić information content (AvgIpc) is 2.03. The molecule has 1 N–H and O–H groups in total. The van der Waals surface area contributed by atoms with Gasteiger partial charge in [-0.05, 0) is 5.92 Å². The van der Waals surface area contributed by atoms with Gasteiger partial charge in [-0.15, -0.1) is 0 Å². The first-order chi connectivity index (χ1) is 6.40. The van der Waals surface area contributed by atoms with Crippen molar-refractivity contribution in [2.24, 2.45) is 5.92 Å². The van der Waals surface area contributed by atoms with E-state index in [0.29, 0.717) is 6.42 Å². The summed E-state index contributed by atoms with van der Waals surface area (Å²) in [5, 5.41) is 8.78. The van der Waals surface area contributed by atoms with E-state index in [1.54, 1.807) is 0 Å². The molecule has 0 aliphatic heterocycles. The van der Waals surface area contributed by atoms with Crippen molar-refractivity contribution >= 4 is 24.5 Å². The lowest BCUT2D eigenvalue weighted by Gasteiger charge is -2.24. The van der Waals surface area contributed by atoms with Crippen molar-refractivity contribution in [1.29, 1.82) is 0 Å². The zero-order valence-electron chi connectivity index (χ0n) is 8.73. The number of carboxylic acid groups (broad SMARTS) is 1. The Morgan fingerprint density at radius 1 is 1.43 bits per heavy atom. The van der Waals surface area contributed by atoms with E-state index < -0.39 is 12.0 Å². The van der Waals surface area contributed by atoms with E-state index >= 15 is 0 Å². The van der Waals surface area contributed by atoms with E-state index in [9.17, 15) is 9.59 Å². The number of hydrogen-bond donors (Lipinski definition) is 2. The zero-order chi connectivity index (χ0) is 11.3. The van der Waals surface area contributed by atoms with Crippen molar-refractivity contribution in [1.82, 2.24) is 4.90 Å². The third kappa shape index (κ3) is 4.00. The van der Waals surface area contributed by atoms with E-state index in [1.807, 2.05) is 13.8 Å². The minimum absolute atomic E-state index is 0.135. The maximum Gasteiger partial charge on any atom is 0.327 e. The number of likely N-dealkylation sites (N-methyl/N-ethyl adjacent to an activating group) is 1. The average molecular weight is 219 g/mol. The van der Waals surface area contributed by atoms with Gasteiger partial charge in [0.15, 0.2) is 0 Å². The molecule has 0 spiro atoms. The second-order valence-electron chi connectivity index (χ2n) is 3.64. The minimum atomic E-state index is -1.01. The van der Waals surface area contributed by atoms with Crippen LogP contribution in [0.25, 0.3) is 0 Å². The second kappa shape index (κ2) is 5.90. The Morgan fingerprint density at radius 2 is 1.93 bits per heavy atom. The maximum atomic E-state index is 11.5. The molecule has 0 rings (SSSR count). The van der Waals surface area contributed by atoms with Gasteiger partial charge in [-0.2, -0.15) is 12.6 Å². The Balaban J connectivity index is 4.34. The number of carbonyl (C=O) groups is 2. The minimum Gasteiger partial charge on any atom is -0.480 e. The highest BCUT2D eigenvalue weighted by atomic mass is 32.1. The molecule has 1 amide bonds. The van der Waals surface area contributed by atoms with Crippen molar-refractivity contribution < 1.29 is 14.7 Å². The molecule has 5 heteroatoms. The number of amides is 1. The predicted octanol–water partition coefficient (Wildman–Crippen LogP) is 0.874. The van der Waals surface area contributed by atoms with Crippen LogP contribution >= 0.6 is 12.6 Å². The third-order valence-electron chi connectivity index (χ3n) is 1.90. The Kier molecular flexibility index (Phi) is 5.60. The van der Waals surface area contributed by atoms with Crippen LogP contribution < -0.4 is 0 Å². The van der Waals surface area contributed by atoms with Crippen LogP contribution in [-0.2, 0) is 9.59 Å². The third-order valence-corrected chi connectivity index (χ3v) is 2.25. The van der Waals surface area contributed by atoms with Crippen molar-refractivity contribution in [3.8, 4) is 0 Å². The van der Waals surface area contributed by atoms with Crippen molar-refractivity contribution in [3.63, 3.8) is 0 Å². The summed E-state index contributed by atoms with van der Waals surface area (Å²) in [6.07, 6.45) is 0.369. The first kappa shape index (κ1) is 13.3. The summed E-state index contributed by atoms with van der Waals surface area (Å²) in [6.45, 7) is 3.84. The van der Waals surface area contributed by atoms with Gasteiger partial charge in [0.05, 0.1) is 0 Å². The lowest BCUT2D eigenvalue weighted by molar-refractivity contribution is -0.148. The fraction of sp³-hybridized carbons (Fsp3) is 0.778. The number of carbonyl (C=O) groups excluding carboxylic acids is 1. The second-order valence-corrected chi connectivity index (χ2v) is 4.00. The highest BCUT2D eigenvalue weighted by Gasteiger charge is 2.24. The molecule has 0 unspecified atom stereocenters. The van der Waals surface area contributed by atoms with Crippen LogP contribution in [0, 0.1) is 5.92 Å². The SMILES string of the molecule is CC(C)CC(=O)N(C)[C@@H](CS)C(=O)O. The summed E-state index contributed by atoms with van der Waals surface area (Å²) in [6, 6.07) is -0.829. The van der Waals surface area contributed by atoms with Crippen molar-refractivity contribution in [3.05, 3.63) is 0 Å². The predicted molar refractivity (Wildman–Crippen MR) is 57.5 cm³/mol. The van der Waals surface area contributed by atoms with E-state index in [2.05, 4.69) is 12.6 Å². The number of rotatable bonds is 5. The van der Waals surface area contributed by atoms with Crippen LogP contribution in [0.1, 0.15) is 20.3 Å². The monoisotopic (exact) mass is 219 g/mol. The normalized spacial score (nSPS) is 12.6. The van der Waals surface area contributed by atoms with Crippen LogP contribution in [0.3, 0.4) is 0 Å². The molecule has 0 bridgehead atoms. The lowest BCUT2D eigenvalue weighted by Crippen LogP contribution is -2.44. The summed E-state index contributed by atoms with van der Waals surface area (Å²) in [5.41, 5.74) is 0. The Labute approximate surface area is 89.7 Å². The largest absolute Gasteiger partial charge is 0.480 e. The van der Waals surface area contributed by atoms with E-state index in [4.69, 9.17) is 5.11 Å². The van der Waals surface area contributed by atoms with Crippen LogP contribution in [0.15, 0.2) is 0 Å². The summed E-state index contributed by atoms with van der Waals surface area (Å²) in [4.78, 5) is 23.5. The molecule has 0 saturated heterocycles. The molecule has 0 aromatic heterocycles. The highest BCUT2D eigenvalue weighted by molar-refractivity contribution is 7.80. The number of hydrogen-bond acceptors (Lipinski definition) is 3. The van der Waals surface area contributed by atoms with Gasteiger partial charge in [-0.1, -0.05) is 13.8 Å². The molecule has 0 heterocycles. The van der Waals surface area contributed by atoms with E-state index in [1.165, 1.54) is 11.9 Å². The van der Waals surface area contributed by atoms with Gasteiger partial charge in [0.25, 0.3) is 0 Å². The van der Waals surface area contributed by atoms with E-state index in [0.717, 1.165) is 0 Å². The molecule has 0 saturated carbocycles. The molecular formula is C9H17NO3S. The summed E-state index contributed by atoms with van der Waals surface area (Å²) in [5.74, 6) is -0.796. The van der Waals surface area contributed by atoms with Gasteiger partial charge in [-0.3, -0.25) is 4.79 Å². The quantitative estimate of drug-likeness (QED) is 0.675. The molecule has 14 heavy (non-hydrogen) atoms. The lowest BCUT2D eigenvalue weighted by atomic mass is 10.1. The van der Waals surface area contributed by atoms with Crippen LogP contribution in [0.5, 0.6) is 0 Å². The van der Waals surface area contributed by atoms with Crippen LogP contribution in [0.4, 0.5) is 0 Å². The topological polar surface area (TPSA) is 57.6 Å². The van der Waals surface area contributed by atoms with Gasteiger partial charge in [-0.25, -0.2) is 4.79 Å². The molecule has 0 aromatic carbocycles. The first-order valence-electron chi connectivity index (χ1n) is 4.49. The molecule has 0 aromatic rings. The summed E-state index contributed by atoms with van der Waals surface area (Å²) in [7, 11) is 1.50. The Hall–Kier alpha value is -0.710. The van der Waals surface area contributed by atoms with Gasteiger partial charge in [0, 0.05) is 19.2 Å². The van der Waals surface area contributed by atoms with Gasteiger partial charge >= 0.3 is 5.97 Å². The Morgan fingerprint density at radius 3 is 2.21 bits per heavy atom. The molecule has 0 radical (unpaired) electrons. The summed E-state index contributed by atoms with van der Waals surface area (Å²) < 4.78 is 0. The van der Waals surface area contributed by atoms with Crippen LogP contribution in [0.2, 0.25) is 0 Å². The highest BCUT2D eigenvalue weighted by Crippen LogP contribution is 2.07. The molecule has 4 nitrogen and oxygen atoms in total. The van der Waals surface area contributed by atoms with Crippen molar-refractivity contribution in [2.75, 3.05) is 12.8 Å². The number of carboxylic acids is 1. The van der Waals surface area contributed by atoms with Crippen LogP contribution in [-0.4, -0.2) is 40.7 Å². The first-order valence-corrected chi connectivity index (χ1v) is 5.12. The number of thiol groups is 1. The number of nitrogens with zero attached hydrogens (tertiary/aromatic N) is 1. The molecule has 0 fully saturated rings. The summed E-state index contributed by atoms with van der Waals surface area (Å²) >= 11 is 3.90. The fourth-order valence-electron chi connectivity index (χ4n) is 1.03. The van der Waals surface area contributed by atoms with Crippen molar-refractivity contribution in [2.45, 2.75) is 26.3 Å². The van der Waals surface area contributed by atoms with Gasteiger partial charge in [0.2, 0.25) is 5.91 Å². The van der Waals surface area contributed by atoms with E-state index in [-0.39, 0.29) is 17.6 Å². The number of aliphatic carboxylic acids is 1. The maximum absolute atomic E-state index is 11.5. The zero-order valence-corrected chi connectivity index (χ0v) is 9.62. The fourth-order valence-corrected chi connectivity index (χ4v) is 1.43. The van der Waals surface area contributed by atoms with Gasteiger partial charge in [0.1, 0.15) is 6.04 Å². The molecular weight excluding hydrogens is 202 g/mol. The van der Waals surface area contributed by atoms with Gasteiger partial charge < -0.3 is 10.0 Å². The standard InChI is InChI=1S/C9H17NO3S/c1-6(2)4-8(11)10(3)7(5-14)9(12)13/h6-7,14H,4-5H2,1-3H3,(H,12,13)/t7-/m0/s1. The molecule has 0 aliphatic rings. The smallest absolute Gasteiger partial charge is 0.327 e. The molecule has 82 valence electrons. The molecule has 0 aliphatic carbocycles. The molecule has 1 atom stereocenters. The Bertz CT molecular complexity index is 218.